The van der Waals surface area contributed by atoms with Gasteiger partial charge in [0.05, 0.1) is 60.5 Å². The summed E-state index contributed by atoms with van der Waals surface area (Å²) in [6.45, 7) is 7.01. The fourth-order valence-electron chi connectivity index (χ4n) is 6.82. The van der Waals surface area contributed by atoms with Crippen molar-refractivity contribution < 1.29 is 65.5 Å². The number of amides is 2. The smallest absolute Gasteiger partial charge is 0.415 e. The van der Waals surface area contributed by atoms with Crippen LogP contribution in [0.4, 0.5) is 48.5 Å². The van der Waals surface area contributed by atoms with Crippen molar-refractivity contribution in [3.63, 3.8) is 0 Å². The highest BCUT2D eigenvalue weighted by molar-refractivity contribution is 9.08. The van der Waals surface area contributed by atoms with E-state index in [0.29, 0.717) is 32.0 Å². The number of halogens is 5. The molecule has 0 aliphatic rings. The van der Waals surface area contributed by atoms with Gasteiger partial charge in [0.25, 0.3) is 11.4 Å². The van der Waals surface area contributed by atoms with Gasteiger partial charge in [-0.25, -0.2) is 36.7 Å². The summed E-state index contributed by atoms with van der Waals surface area (Å²) < 4.78 is 78.6. The number of ether oxygens (including phenoxy) is 4. The molecule has 16 nitrogen and oxygen atoms in total. The van der Waals surface area contributed by atoms with E-state index in [1.165, 1.54) is 60.7 Å². The van der Waals surface area contributed by atoms with Crippen LogP contribution in [0.25, 0.3) is 20.9 Å². The predicted octanol–water partition coefficient (Wildman–Crippen LogP) is 13.1. The van der Waals surface area contributed by atoms with Crippen molar-refractivity contribution in [1.29, 1.82) is 0 Å². The molecule has 2 heterocycles. The molecule has 0 saturated heterocycles. The minimum absolute atomic E-state index is 0.0105. The molecular formula is C48H43BrF4N4O12S2. The molecular weight excluding hydrogens is 1040 g/mol. The second-order valence-corrected chi connectivity index (χ2v) is 17.0. The number of benzene rings is 4. The average Bonchev–Trinajstić information content (AvgIpc) is 3.89. The second-order valence-electron chi connectivity index (χ2n) is 14.5. The number of hydrogen-bond donors (Lipinski definition) is 0. The number of esters is 2. The van der Waals surface area contributed by atoms with Crippen molar-refractivity contribution in [2.45, 2.75) is 53.0 Å². The molecule has 0 radical (unpaired) electrons. The Hall–Kier alpha value is -7.24. The van der Waals surface area contributed by atoms with E-state index in [0.717, 1.165) is 56.7 Å². The number of rotatable bonds is 17. The van der Waals surface area contributed by atoms with Crippen LogP contribution in [0.3, 0.4) is 0 Å². The molecule has 2 aromatic heterocycles. The van der Waals surface area contributed by atoms with E-state index in [4.69, 9.17) is 18.9 Å². The number of carbonyl (C=O) groups excluding carboxylic acids is 4. The van der Waals surface area contributed by atoms with Crippen LogP contribution in [0, 0.1) is 50.4 Å². The number of nitro groups is 2. The van der Waals surface area contributed by atoms with E-state index in [9.17, 15) is 57.0 Å². The maximum atomic E-state index is 14.5. The normalized spacial score (nSPS) is 10.7. The number of thiophene rings is 2. The Morgan fingerprint density at radius 1 is 0.549 bits per heavy atom. The standard InChI is InChI=1S/C24H21BrF2N2O6S.C24H22F2N2O6S/c1-3-34-23(30)20-16(12-25)21(14-8-10-15(11-9-14)29(32)33)36-22(20)28(24(31)35-4-2)13-17-18(26)6-5-7-19(17)27;1-4-33-23(29)20-14(3)21(15-9-11-16(12-10-15)28(31)32)35-22(20)27(24(30)34-5-2)13-17-18(25)7-6-8-19(17)26/h5-11H,3-4,12-13H2,1-2H3;6-12H,4-5,13H2,1-3H3. The summed E-state index contributed by atoms with van der Waals surface area (Å²) in [5.74, 6) is -4.92. The molecule has 0 bridgehead atoms. The largest absolute Gasteiger partial charge is 0.462 e. The van der Waals surface area contributed by atoms with Gasteiger partial charge < -0.3 is 18.9 Å². The molecule has 0 atom stereocenters. The number of carbonyl (C=O) groups is 4. The Balaban J connectivity index is 0.000000264. The van der Waals surface area contributed by atoms with Gasteiger partial charge in [0.1, 0.15) is 33.3 Å². The SMILES string of the molecule is CCOC(=O)c1c(N(Cc2c(F)cccc2F)C(=O)OCC)sc(-c2ccc([N+](=O)[O-])cc2)c1C.CCOC(=O)c1c(N(Cc2c(F)cccc2F)C(=O)OCC)sc(-c2ccc([N+](=O)[O-])cc2)c1CBr. The first-order chi connectivity index (χ1) is 33.9. The molecule has 2 amide bonds. The molecule has 0 fully saturated rings. The third kappa shape index (κ3) is 12.8. The third-order valence-electron chi connectivity index (χ3n) is 10.1. The first-order valence-corrected chi connectivity index (χ1v) is 24.1. The highest BCUT2D eigenvalue weighted by atomic mass is 79.9. The summed E-state index contributed by atoms with van der Waals surface area (Å²) >= 11 is 5.39. The van der Waals surface area contributed by atoms with E-state index >= 15 is 0 Å². The molecule has 6 aromatic rings. The molecule has 71 heavy (non-hydrogen) atoms. The second kappa shape index (κ2) is 25.0. The summed E-state index contributed by atoms with van der Waals surface area (Å²) in [5.41, 5.74) is 1.05. The molecule has 23 heteroatoms. The Labute approximate surface area is 419 Å². The first kappa shape index (κ1) is 54.7. The molecule has 0 unspecified atom stereocenters. The number of hydrogen-bond acceptors (Lipinski definition) is 14. The summed E-state index contributed by atoms with van der Waals surface area (Å²) in [4.78, 5) is 75.9. The number of alkyl halides is 1. The highest BCUT2D eigenvalue weighted by Gasteiger charge is 2.34. The summed E-state index contributed by atoms with van der Waals surface area (Å²) in [7, 11) is 0. The van der Waals surface area contributed by atoms with Crippen molar-refractivity contribution in [2.24, 2.45) is 0 Å². The Bertz CT molecular complexity index is 2890. The lowest BCUT2D eigenvalue weighted by Gasteiger charge is -2.22. The topological polar surface area (TPSA) is 198 Å². The zero-order valence-corrected chi connectivity index (χ0v) is 41.6. The Morgan fingerprint density at radius 2 is 0.901 bits per heavy atom. The highest BCUT2D eigenvalue weighted by Crippen LogP contribution is 2.46. The molecule has 0 saturated carbocycles. The third-order valence-corrected chi connectivity index (χ3v) is 13.3. The van der Waals surface area contributed by atoms with Gasteiger partial charge in [-0.05, 0) is 105 Å². The van der Waals surface area contributed by atoms with Crippen LogP contribution in [0.1, 0.15) is 70.7 Å². The van der Waals surface area contributed by atoms with Crippen molar-refractivity contribution in [3.8, 4) is 20.9 Å². The number of nitrogens with zero attached hydrogens (tertiary/aromatic N) is 4. The Morgan fingerprint density at radius 3 is 1.27 bits per heavy atom. The van der Waals surface area contributed by atoms with Gasteiger partial charge in [0.2, 0.25) is 0 Å². The van der Waals surface area contributed by atoms with Crippen LogP contribution in [0.2, 0.25) is 0 Å². The van der Waals surface area contributed by atoms with Crippen LogP contribution in [-0.2, 0) is 37.4 Å². The number of anilines is 2. The van der Waals surface area contributed by atoms with Crippen LogP contribution < -0.4 is 9.80 Å². The van der Waals surface area contributed by atoms with Crippen molar-refractivity contribution in [3.05, 3.63) is 162 Å². The molecule has 374 valence electrons. The van der Waals surface area contributed by atoms with Gasteiger partial charge in [0.15, 0.2) is 0 Å². The van der Waals surface area contributed by atoms with Crippen LogP contribution in [0.5, 0.6) is 0 Å². The minimum atomic E-state index is -0.914. The zero-order valence-electron chi connectivity index (χ0n) is 38.4. The maximum Gasteiger partial charge on any atom is 0.415 e. The van der Waals surface area contributed by atoms with Gasteiger partial charge in [-0.3, -0.25) is 30.0 Å². The summed E-state index contributed by atoms with van der Waals surface area (Å²) in [6.07, 6.45) is -1.82. The van der Waals surface area contributed by atoms with Gasteiger partial charge >= 0.3 is 24.1 Å². The molecule has 6 rings (SSSR count). The predicted molar refractivity (Wildman–Crippen MR) is 261 cm³/mol. The maximum absolute atomic E-state index is 14.5. The molecule has 0 aliphatic carbocycles. The van der Waals surface area contributed by atoms with E-state index in [1.807, 2.05) is 0 Å². The monoisotopic (exact) mass is 1090 g/mol. The fourth-order valence-corrected chi connectivity index (χ4v) is 10.2. The van der Waals surface area contributed by atoms with E-state index in [-0.39, 0.29) is 75.4 Å². The van der Waals surface area contributed by atoms with E-state index in [1.54, 1.807) is 34.6 Å². The van der Waals surface area contributed by atoms with E-state index in [2.05, 4.69) is 15.9 Å². The Kier molecular flexibility index (Phi) is 19.3. The lowest BCUT2D eigenvalue weighted by Crippen LogP contribution is -2.32. The first-order valence-electron chi connectivity index (χ1n) is 21.4. The minimum Gasteiger partial charge on any atom is -0.462 e. The fraction of sp³-hybridized carbons (Fsp3) is 0.250. The van der Waals surface area contributed by atoms with Gasteiger partial charge in [-0.2, -0.15) is 0 Å². The van der Waals surface area contributed by atoms with Gasteiger partial charge in [-0.15, -0.1) is 22.7 Å². The van der Waals surface area contributed by atoms with Gasteiger partial charge in [-0.1, -0.05) is 28.1 Å². The quantitative estimate of drug-likeness (QED) is 0.0209. The van der Waals surface area contributed by atoms with E-state index < -0.39 is 70.3 Å². The van der Waals surface area contributed by atoms with Crippen molar-refractivity contribution >= 4 is 84.1 Å². The summed E-state index contributed by atoms with van der Waals surface area (Å²) in [6, 6.07) is 18.0. The summed E-state index contributed by atoms with van der Waals surface area (Å²) in [5, 5.41) is 22.4. The van der Waals surface area contributed by atoms with Crippen LogP contribution in [-0.4, -0.2) is 60.4 Å². The van der Waals surface area contributed by atoms with Gasteiger partial charge in [0, 0.05) is 50.5 Å². The van der Waals surface area contributed by atoms with Crippen molar-refractivity contribution in [1.82, 2.24) is 0 Å². The molecule has 0 N–H and O–H groups in total. The van der Waals surface area contributed by atoms with Crippen LogP contribution in [0.15, 0.2) is 84.9 Å². The van der Waals surface area contributed by atoms with Crippen LogP contribution >= 0.6 is 38.6 Å². The van der Waals surface area contributed by atoms with Crippen molar-refractivity contribution in [2.75, 3.05) is 36.2 Å². The number of non-ortho nitro benzene ring substituents is 2. The molecule has 0 spiro atoms. The lowest BCUT2D eigenvalue weighted by molar-refractivity contribution is -0.385. The lowest BCUT2D eigenvalue weighted by atomic mass is 10.1. The zero-order chi connectivity index (χ0) is 52.1. The average molecular weight is 1090 g/mol. The molecule has 4 aromatic carbocycles. The number of nitro benzene ring substituents is 2. The molecule has 0 aliphatic heterocycles.